The molecule has 3 N–H and O–H groups in total. The molecular formula is C13H18N4O3S. The van der Waals surface area contributed by atoms with Gasteiger partial charge in [-0.2, -0.15) is 0 Å². The van der Waals surface area contributed by atoms with Gasteiger partial charge in [-0.05, 0) is 26.7 Å². The largest absolute Gasteiger partial charge is 0.462 e. The summed E-state index contributed by atoms with van der Waals surface area (Å²) in [6.07, 6.45) is 3.41. The highest BCUT2D eigenvalue weighted by atomic mass is 32.2. The number of nitrogens with two attached hydrogens (primary N) is 1. The van der Waals surface area contributed by atoms with Crippen molar-refractivity contribution in [2.45, 2.75) is 43.1 Å². The number of carbonyl (C=O) groups is 2. The molecule has 0 aliphatic heterocycles. The van der Waals surface area contributed by atoms with E-state index in [1.807, 2.05) is 0 Å². The van der Waals surface area contributed by atoms with E-state index in [1.54, 1.807) is 13.8 Å². The monoisotopic (exact) mass is 310 g/mol. The van der Waals surface area contributed by atoms with Gasteiger partial charge in [0.25, 0.3) is 0 Å². The number of amides is 1. The van der Waals surface area contributed by atoms with Crippen LogP contribution in [-0.4, -0.2) is 39.7 Å². The standard InChI is InChI=1S/C13H18N4O3S/c1-3-20-12(19)9-6-15-13(17-10(9)14)21-7(2)11(18)16-8-4-5-8/h6-8H,3-5H2,1-2H3,(H,16,18)(H2,14,15,17). The van der Waals surface area contributed by atoms with Gasteiger partial charge in [0.15, 0.2) is 5.16 Å². The molecule has 1 aromatic rings. The summed E-state index contributed by atoms with van der Waals surface area (Å²) in [7, 11) is 0. The molecular weight excluding hydrogens is 292 g/mol. The minimum absolute atomic E-state index is 0.0425. The van der Waals surface area contributed by atoms with Gasteiger partial charge in [0.2, 0.25) is 5.91 Å². The van der Waals surface area contributed by atoms with Gasteiger partial charge in [0.1, 0.15) is 11.4 Å². The fourth-order valence-corrected chi connectivity index (χ4v) is 2.31. The number of ether oxygens (including phenoxy) is 1. The number of nitrogens with zero attached hydrogens (tertiary/aromatic N) is 2. The molecule has 1 aliphatic carbocycles. The van der Waals surface area contributed by atoms with E-state index in [2.05, 4.69) is 15.3 Å². The van der Waals surface area contributed by atoms with Crippen molar-refractivity contribution in [3.63, 3.8) is 0 Å². The van der Waals surface area contributed by atoms with Crippen molar-refractivity contribution < 1.29 is 14.3 Å². The van der Waals surface area contributed by atoms with Crippen molar-refractivity contribution >= 4 is 29.5 Å². The molecule has 1 heterocycles. The van der Waals surface area contributed by atoms with Gasteiger partial charge >= 0.3 is 5.97 Å². The smallest absolute Gasteiger partial charge is 0.343 e. The molecule has 2 rings (SSSR count). The van der Waals surface area contributed by atoms with Gasteiger partial charge < -0.3 is 15.8 Å². The van der Waals surface area contributed by atoms with E-state index in [0.717, 1.165) is 12.8 Å². The molecule has 1 fully saturated rings. The van der Waals surface area contributed by atoms with Crippen LogP contribution >= 0.6 is 11.8 Å². The zero-order valence-electron chi connectivity index (χ0n) is 12.0. The Balaban J connectivity index is 1.98. The van der Waals surface area contributed by atoms with Crippen LogP contribution in [-0.2, 0) is 9.53 Å². The molecule has 1 atom stereocenters. The maximum absolute atomic E-state index is 11.9. The van der Waals surface area contributed by atoms with Crippen molar-refractivity contribution in [2.75, 3.05) is 12.3 Å². The third kappa shape index (κ3) is 4.32. The summed E-state index contributed by atoms with van der Waals surface area (Å²) in [5.41, 5.74) is 5.86. The second-order valence-corrected chi connectivity index (χ2v) is 6.02. The Morgan fingerprint density at radius 2 is 2.29 bits per heavy atom. The molecule has 1 saturated carbocycles. The number of hydrogen-bond donors (Lipinski definition) is 2. The Morgan fingerprint density at radius 3 is 2.86 bits per heavy atom. The molecule has 1 unspecified atom stereocenters. The molecule has 1 aliphatic rings. The third-order valence-electron chi connectivity index (χ3n) is 2.87. The summed E-state index contributed by atoms with van der Waals surface area (Å²) in [4.78, 5) is 31.5. The Kier molecular flexibility index (Phi) is 5.00. The quantitative estimate of drug-likeness (QED) is 0.458. The second-order valence-electron chi connectivity index (χ2n) is 4.71. The van der Waals surface area contributed by atoms with Crippen molar-refractivity contribution in [1.29, 1.82) is 0 Å². The van der Waals surface area contributed by atoms with Gasteiger partial charge in [-0.25, -0.2) is 14.8 Å². The van der Waals surface area contributed by atoms with Gasteiger partial charge in [0.05, 0.1) is 11.9 Å². The first-order valence-electron chi connectivity index (χ1n) is 6.78. The predicted molar refractivity (Wildman–Crippen MR) is 78.9 cm³/mol. The number of rotatable bonds is 6. The molecule has 21 heavy (non-hydrogen) atoms. The molecule has 1 amide bonds. The zero-order valence-corrected chi connectivity index (χ0v) is 12.8. The number of nitrogens with one attached hydrogen (secondary N) is 1. The number of carbonyl (C=O) groups excluding carboxylic acids is 2. The van der Waals surface area contributed by atoms with Gasteiger partial charge in [-0.15, -0.1) is 0 Å². The summed E-state index contributed by atoms with van der Waals surface area (Å²) in [6.45, 7) is 3.74. The van der Waals surface area contributed by atoms with E-state index >= 15 is 0 Å². The van der Waals surface area contributed by atoms with Gasteiger partial charge in [-0.3, -0.25) is 4.79 Å². The second kappa shape index (κ2) is 6.75. The lowest BCUT2D eigenvalue weighted by atomic mass is 10.3. The molecule has 0 bridgehead atoms. The molecule has 114 valence electrons. The predicted octanol–water partition coefficient (Wildman–Crippen LogP) is 0.995. The fraction of sp³-hybridized carbons (Fsp3) is 0.538. The van der Waals surface area contributed by atoms with Crippen LogP contribution in [0, 0.1) is 0 Å². The SMILES string of the molecule is CCOC(=O)c1cnc(SC(C)C(=O)NC2CC2)nc1N. The van der Waals surface area contributed by atoms with Crippen LogP contribution in [0.2, 0.25) is 0 Å². The summed E-state index contributed by atoms with van der Waals surface area (Å²) < 4.78 is 4.85. The molecule has 7 nitrogen and oxygen atoms in total. The first kappa shape index (κ1) is 15.6. The Labute approximate surface area is 127 Å². The molecule has 1 aromatic heterocycles. The van der Waals surface area contributed by atoms with Crippen LogP contribution in [0.5, 0.6) is 0 Å². The lowest BCUT2D eigenvalue weighted by Crippen LogP contribution is -2.32. The Morgan fingerprint density at radius 1 is 1.57 bits per heavy atom. The summed E-state index contributed by atoms with van der Waals surface area (Å²) in [6, 6.07) is 0.317. The molecule has 0 saturated heterocycles. The molecule has 8 heteroatoms. The first-order chi connectivity index (χ1) is 10.0. The number of aromatic nitrogens is 2. The van der Waals surface area contributed by atoms with Crippen LogP contribution in [0.25, 0.3) is 0 Å². The maximum Gasteiger partial charge on any atom is 0.343 e. The number of thioether (sulfide) groups is 1. The Bertz CT molecular complexity index is 548. The highest BCUT2D eigenvalue weighted by Gasteiger charge is 2.26. The summed E-state index contributed by atoms with van der Waals surface area (Å²) >= 11 is 1.20. The lowest BCUT2D eigenvalue weighted by Gasteiger charge is -2.11. The third-order valence-corrected chi connectivity index (χ3v) is 3.84. The van der Waals surface area contributed by atoms with Crippen LogP contribution in [0.4, 0.5) is 5.82 Å². The average molecular weight is 310 g/mol. The molecule has 0 spiro atoms. The normalized spacial score (nSPS) is 15.3. The highest BCUT2D eigenvalue weighted by Crippen LogP contribution is 2.24. The van der Waals surface area contributed by atoms with Crippen LogP contribution in [0.1, 0.15) is 37.0 Å². The number of hydrogen-bond acceptors (Lipinski definition) is 7. The van der Waals surface area contributed by atoms with Gasteiger partial charge in [0, 0.05) is 12.2 Å². The minimum Gasteiger partial charge on any atom is -0.462 e. The average Bonchev–Trinajstić information content (AvgIpc) is 3.22. The van der Waals surface area contributed by atoms with E-state index in [4.69, 9.17) is 10.5 Å². The topological polar surface area (TPSA) is 107 Å². The number of anilines is 1. The van der Waals surface area contributed by atoms with Gasteiger partial charge in [-0.1, -0.05) is 11.8 Å². The number of esters is 1. The maximum atomic E-state index is 11.9. The number of nitrogen functional groups attached to an aromatic ring is 1. The van der Waals surface area contributed by atoms with E-state index in [-0.39, 0.29) is 29.1 Å². The van der Waals surface area contributed by atoms with Crippen molar-refractivity contribution in [2.24, 2.45) is 0 Å². The van der Waals surface area contributed by atoms with Crippen LogP contribution in [0.15, 0.2) is 11.4 Å². The summed E-state index contributed by atoms with van der Waals surface area (Å²) in [5.74, 6) is -0.536. The van der Waals surface area contributed by atoms with E-state index in [1.165, 1.54) is 18.0 Å². The van der Waals surface area contributed by atoms with Crippen molar-refractivity contribution in [3.05, 3.63) is 11.8 Å². The van der Waals surface area contributed by atoms with Crippen LogP contribution in [0.3, 0.4) is 0 Å². The van der Waals surface area contributed by atoms with Crippen molar-refractivity contribution in [3.8, 4) is 0 Å². The molecule has 0 radical (unpaired) electrons. The van der Waals surface area contributed by atoms with Crippen molar-refractivity contribution in [1.82, 2.24) is 15.3 Å². The van der Waals surface area contributed by atoms with E-state index in [9.17, 15) is 9.59 Å². The van der Waals surface area contributed by atoms with E-state index < -0.39 is 5.97 Å². The van der Waals surface area contributed by atoms with Crippen LogP contribution < -0.4 is 11.1 Å². The lowest BCUT2D eigenvalue weighted by molar-refractivity contribution is -0.120. The highest BCUT2D eigenvalue weighted by molar-refractivity contribution is 8.00. The first-order valence-corrected chi connectivity index (χ1v) is 7.66. The summed E-state index contributed by atoms with van der Waals surface area (Å²) in [5, 5.41) is 2.95. The van der Waals surface area contributed by atoms with E-state index in [0.29, 0.717) is 11.2 Å². The fourth-order valence-electron chi connectivity index (χ4n) is 1.56. The molecule has 0 aromatic carbocycles. The Hall–Kier alpha value is -1.83. The zero-order chi connectivity index (χ0) is 15.4. The minimum atomic E-state index is -0.550.